The highest BCUT2D eigenvalue weighted by atomic mass is 16.4. The van der Waals surface area contributed by atoms with Gasteiger partial charge >= 0.3 is 0 Å². The zero-order valence-corrected chi connectivity index (χ0v) is 19.4. The molecule has 3 aliphatic rings. The van der Waals surface area contributed by atoms with E-state index in [1.54, 1.807) is 6.92 Å². The van der Waals surface area contributed by atoms with Crippen molar-refractivity contribution < 1.29 is 44.7 Å². The maximum atomic E-state index is 13.8. The third-order valence-corrected chi connectivity index (χ3v) is 7.51. The van der Waals surface area contributed by atoms with Gasteiger partial charge < -0.3 is 31.3 Å². The van der Waals surface area contributed by atoms with Crippen LogP contribution in [0.15, 0.2) is 29.0 Å². The first kappa shape index (κ1) is 24.6. The second-order valence-electron chi connectivity index (χ2n) is 9.53. The lowest BCUT2D eigenvalue weighted by molar-refractivity contribution is -0.169. The molecule has 1 amide bonds. The van der Waals surface area contributed by atoms with Gasteiger partial charge in [-0.15, -0.1) is 0 Å². The van der Waals surface area contributed by atoms with Gasteiger partial charge in [0.2, 0.25) is 5.78 Å². The molecule has 0 spiro atoms. The van der Waals surface area contributed by atoms with Crippen LogP contribution in [0.5, 0.6) is 5.75 Å². The number of hydrogen-bond acceptors (Lipinski definition) is 10. The van der Waals surface area contributed by atoms with E-state index in [2.05, 4.69) is 0 Å². The Bertz CT molecular complexity index is 1280. The Kier molecular flexibility index (Phi) is 5.43. The van der Waals surface area contributed by atoms with Crippen molar-refractivity contribution in [2.45, 2.75) is 37.5 Å². The number of aliphatic hydroxyl groups is 4. The SMILES string of the molecule is CC(=O)c1ccc2c(c1O)C(O)=C1C(=O)[C@@]3(O)C(O)=C(C(N)=O)C(=O)[C@H](N(C)C)[C@H]3[C@H](O)[C@H]1[C@@H]2C. The topological polar surface area (TPSA) is 199 Å². The minimum Gasteiger partial charge on any atom is -0.508 e. The number of likely N-dealkylation sites (N-methyl/N-ethyl adjacent to an activating group) is 1. The largest absolute Gasteiger partial charge is 0.508 e. The molecule has 0 radical (unpaired) electrons. The Labute approximate surface area is 199 Å². The molecular formula is C24H26N2O9. The summed E-state index contributed by atoms with van der Waals surface area (Å²) in [7, 11) is 2.87. The summed E-state index contributed by atoms with van der Waals surface area (Å²) in [5.41, 5.74) is 0.816. The van der Waals surface area contributed by atoms with Crippen molar-refractivity contribution in [2.75, 3.05) is 14.1 Å². The fourth-order valence-electron chi connectivity index (χ4n) is 5.90. The maximum Gasteiger partial charge on any atom is 0.255 e. The molecule has 11 heteroatoms. The quantitative estimate of drug-likeness (QED) is 0.243. The fourth-order valence-corrected chi connectivity index (χ4v) is 5.90. The Morgan fingerprint density at radius 2 is 1.71 bits per heavy atom. The molecule has 11 nitrogen and oxygen atoms in total. The van der Waals surface area contributed by atoms with E-state index in [-0.39, 0.29) is 11.1 Å². The molecule has 1 fully saturated rings. The van der Waals surface area contributed by atoms with Crippen molar-refractivity contribution in [1.82, 2.24) is 4.90 Å². The zero-order valence-electron chi connectivity index (χ0n) is 19.4. The predicted octanol–water partition coefficient (Wildman–Crippen LogP) is -0.302. The van der Waals surface area contributed by atoms with Gasteiger partial charge in [0, 0.05) is 11.5 Å². The number of carbonyl (C=O) groups excluding carboxylic acids is 4. The summed E-state index contributed by atoms with van der Waals surface area (Å²) < 4.78 is 0. The molecule has 0 aliphatic heterocycles. The van der Waals surface area contributed by atoms with Crippen molar-refractivity contribution in [2.24, 2.45) is 17.6 Å². The molecule has 3 aliphatic carbocycles. The highest BCUT2D eigenvalue weighted by Gasteiger charge is 2.68. The molecule has 6 atom stereocenters. The lowest BCUT2D eigenvalue weighted by Gasteiger charge is -2.53. The molecule has 35 heavy (non-hydrogen) atoms. The first-order valence-electron chi connectivity index (χ1n) is 10.9. The van der Waals surface area contributed by atoms with Gasteiger partial charge in [-0.2, -0.15) is 0 Å². The van der Waals surface area contributed by atoms with Crippen LogP contribution in [0.2, 0.25) is 0 Å². The summed E-state index contributed by atoms with van der Waals surface area (Å²) >= 11 is 0. The van der Waals surface area contributed by atoms with Crippen molar-refractivity contribution >= 4 is 29.0 Å². The number of nitrogens with zero attached hydrogens (tertiary/aromatic N) is 1. The standard InChI is InChI=1S/C24H26N2O9/c1-7-9-5-6-10(8(2)27)17(28)12(9)18(29)13-11(7)19(30)15-16(26(3)4)20(31)14(23(25)34)22(33)24(15,35)21(13)32/h5-7,11,15-16,19,28-30,33,35H,1-4H3,(H2,25,34)/t7-,11+,15+,16-,19-,24-/m1/s1. The second-order valence-corrected chi connectivity index (χ2v) is 9.53. The van der Waals surface area contributed by atoms with E-state index in [4.69, 9.17) is 5.73 Å². The van der Waals surface area contributed by atoms with Gasteiger partial charge in [-0.05, 0) is 38.6 Å². The Balaban J connectivity index is 2.07. The Morgan fingerprint density at radius 3 is 2.23 bits per heavy atom. The minimum atomic E-state index is -2.97. The van der Waals surface area contributed by atoms with Gasteiger partial charge in [-0.1, -0.05) is 13.0 Å². The van der Waals surface area contributed by atoms with E-state index >= 15 is 0 Å². The number of primary amides is 1. The van der Waals surface area contributed by atoms with Crippen LogP contribution in [0.25, 0.3) is 5.76 Å². The van der Waals surface area contributed by atoms with Crippen molar-refractivity contribution in [3.63, 3.8) is 0 Å². The maximum absolute atomic E-state index is 13.8. The molecule has 0 bridgehead atoms. The van der Waals surface area contributed by atoms with Crippen LogP contribution in [0.3, 0.4) is 0 Å². The molecule has 186 valence electrons. The number of hydrogen-bond donors (Lipinski definition) is 6. The first-order valence-corrected chi connectivity index (χ1v) is 10.9. The number of rotatable bonds is 3. The van der Waals surface area contributed by atoms with Crippen LogP contribution in [0.4, 0.5) is 0 Å². The van der Waals surface area contributed by atoms with Crippen LogP contribution in [-0.4, -0.2) is 85.5 Å². The molecule has 0 unspecified atom stereocenters. The first-order chi connectivity index (χ1) is 16.2. The van der Waals surface area contributed by atoms with Crippen molar-refractivity contribution in [3.05, 3.63) is 45.7 Å². The van der Waals surface area contributed by atoms with Crippen LogP contribution in [0, 0.1) is 11.8 Å². The fraction of sp³-hybridized carbons (Fsp3) is 0.417. The highest BCUT2D eigenvalue weighted by Crippen LogP contribution is 2.56. The third-order valence-electron chi connectivity index (χ3n) is 7.51. The molecular weight excluding hydrogens is 460 g/mol. The average Bonchev–Trinajstić information content (AvgIpc) is 2.75. The smallest absolute Gasteiger partial charge is 0.255 e. The summed E-state index contributed by atoms with van der Waals surface area (Å²) in [6.45, 7) is 2.82. The molecule has 0 heterocycles. The molecule has 1 aromatic carbocycles. The number of nitrogens with two attached hydrogens (primary N) is 1. The molecule has 1 aromatic rings. The lowest BCUT2D eigenvalue weighted by atomic mass is 9.54. The Hall–Kier alpha value is -3.54. The molecule has 0 saturated heterocycles. The van der Waals surface area contributed by atoms with Gasteiger partial charge in [-0.25, -0.2) is 0 Å². The van der Waals surface area contributed by atoms with E-state index in [0.717, 1.165) is 0 Å². The second kappa shape index (κ2) is 7.74. The molecule has 7 N–H and O–H groups in total. The number of amides is 1. The third kappa shape index (κ3) is 2.95. The number of ketones is 3. The van der Waals surface area contributed by atoms with Crippen molar-refractivity contribution in [1.29, 1.82) is 0 Å². The van der Waals surface area contributed by atoms with E-state index in [0.29, 0.717) is 5.56 Å². The van der Waals surface area contributed by atoms with Gasteiger partial charge in [0.15, 0.2) is 17.2 Å². The van der Waals surface area contributed by atoms with E-state index in [1.165, 1.54) is 38.1 Å². The monoisotopic (exact) mass is 486 g/mol. The average molecular weight is 486 g/mol. The highest BCUT2D eigenvalue weighted by molar-refractivity contribution is 6.24. The van der Waals surface area contributed by atoms with Gasteiger partial charge in [-0.3, -0.25) is 24.1 Å². The Morgan fingerprint density at radius 1 is 1.11 bits per heavy atom. The summed E-state index contributed by atoms with van der Waals surface area (Å²) in [5, 5.41) is 55.8. The normalized spacial score (nSPS) is 32.4. The molecule has 0 aromatic heterocycles. The van der Waals surface area contributed by atoms with Gasteiger partial charge in [0.1, 0.15) is 22.8 Å². The van der Waals surface area contributed by atoms with Gasteiger partial charge in [0.05, 0.1) is 29.2 Å². The van der Waals surface area contributed by atoms with Crippen LogP contribution in [-0.2, 0) is 14.4 Å². The zero-order chi connectivity index (χ0) is 26.3. The minimum absolute atomic E-state index is 0.114. The summed E-state index contributed by atoms with van der Waals surface area (Å²) in [4.78, 5) is 52.1. The molecule has 4 rings (SSSR count). The summed E-state index contributed by atoms with van der Waals surface area (Å²) in [6.07, 6.45) is -1.67. The predicted molar refractivity (Wildman–Crippen MR) is 120 cm³/mol. The number of aliphatic hydroxyl groups excluding tert-OH is 3. The number of fused-ring (bicyclic) bond motifs is 3. The van der Waals surface area contributed by atoms with Crippen molar-refractivity contribution in [3.8, 4) is 5.75 Å². The van der Waals surface area contributed by atoms with Crippen LogP contribution < -0.4 is 5.73 Å². The van der Waals surface area contributed by atoms with E-state index in [1.807, 2.05) is 0 Å². The summed E-state index contributed by atoms with van der Waals surface area (Å²) in [5.74, 6) is -10.3. The summed E-state index contributed by atoms with van der Waals surface area (Å²) in [6, 6.07) is 1.43. The molecule has 1 saturated carbocycles. The number of phenolic OH excluding ortho intramolecular Hbond substituents is 1. The number of phenols is 1. The number of carbonyl (C=O) groups is 4. The van der Waals surface area contributed by atoms with Gasteiger partial charge in [0.25, 0.3) is 5.91 Å². The number of benzene rings is 1. The van der Waals surface area contributed by atoms with Crippen LogP contribution >= 0.6 is 0 Å². The number of aromatic hydroxyl groups is 1. The van der Waals surface area contributed by atoms with E-state index in [9.17, 15) is 44.7 Å². The lowest BCUT2D eigenvalue weighted by Crippen LogP contribution is -2.70. The van der Waals surface area contributed by atoms with Crippen LogP contribution in [0.1, 0.15) is 41.3 Å². The number of Topliss-reactive ketones (excluding diaryl/α,β-unsaturated/α-hetero) is 3. The van der Waals surface area contributed by atoms with E-state index < -0.39 is 87.2 Å².